The Morgan fingerprint density at radius 2 is 2.00 bits per heavy atom. The van der Waals surface area contributed by atoms with Crippen LogP contribution in [-0.2, 0) is 4.74 Å². The van der Waals surface area contributed by atoms with Gasteiger partial charge < -0.3 is 14.8 Å². The lowest BCUT2D eigenvalue weighted by Crippen LogP contribution is -2.20. The molecule has 0 heterocycles. The topological polar surface area (TPSA) is 30.5 Å². The van der Waals surface area contributed by atoms with Gasteiger partial charge in [0.05, 0.1) is 0 Å². The van der Waals surface area contributed by atoms with Gasteiger partial charge >= 0.3 is 0 Å². The molecule has 1 atom stereocenters. The first-order valence-corrected chi connectivity index (χ1v) is 6.32. The van der Waals surface area contributed by atoms with Gasteiger partial charge in [-0.1, -0.05) is 25.1 Å². The predicted octanol–water partition coefficient (Wildman–Crippen LogP) is 3.12. The molecule has 0 aromatic heterocycles. The second-order valence-electron chi connectivity index (χ2n) is 3.97. The molecule has 0 fully saturated rings. The summed E-state index contributed by atoms with van der Waals surface area (Å²) in [5, 5.41) is 3.46. The van der Waals surface area contributed by atoms with E-state index in [-0.39, 0.29) is 0 Å². The first-order chi connectivity index (χ1) is 8.29. The number of para-hydroxylation sites is 1. The van der Waals surface area contributed by atoms with Gasteiger partial charge in [-0.3, -0.25) is 0 Å². The summed E-state index contributed by atoms with van der Waals surface area (Å²) in [6, 6.07) is 8.39. The maximum Gasteiger partial charge on any atom is 0.189 e. The molecule has 0 bridgehead atoms. The first-order valence-electron chi connectivity index (χ1n) is 6.32. The molecule has 0 aliphatic heterocycles. The molecule has 0 radical (unpaired) electrons. The van der Waals surface area contributed by atoms with Crippen LogP contribution in [-0.4, -0.2) is 19.9 Å². The van der Waals surface area contributed by atoms with Crippen molar-refractivity contribution in [3.63, 3.8) is 0 Å². The Balaban J connectivity index is 2.62. The predicted molar refractivity (Wildman–Crippen MR) is 70.3 cm³/mol. The van der Waals surface area contributed by atoms with Crippen molar-refractivity contribution >= 4 is 0 Å². The van der Waals surface area contributed by atoms with E-state index in [4.69, 9.17) is 9.47 Å². The van der Waals surface area contributed by atoms with Crippen molar-refractivity contribution in [2.75, 3.05) is 19.9 Å². The number of nitrogens with one attached hydrogen (secondary N) is 1. The highest BCUT2D eigenvalue weighted by molar-refractivity contribution is 5.35. The zero-order chi connectivity index (χ0) is 12.5. The Kier molecular flexibility index (Phi) is 6.67. The molecule has 0 saturated carbocycles. The molecule has 3 nitrogen and oxygen atoms in total. The second kappa shape index (κ2) is 8.09. The van der Waals surface area contributed by atoms with Gasteiger partial charge in [0.25, 0.3) is 0 Å². The third-order valence-electron chi connectivity index (χ3n) is 2.59. The number of rotatable bonds is 8. The highest BCUT2D eigenvalue weighted by Gasteiger charge is 2.09. The number of ether oxygens (including phenoxy) is 2. The van der Waals surface area contributed by atoms with E-state index in [1.165, 1.54) is 5.56 Å². The molecule has 96 valence electrons. The van der Waals surface area contributed by atoms with Gasteiger partial charge in [-0.2, -0.15) is 0 Å². The van der Waals surface area contributed by atoms with Crippen molar-refractivity contribution in [3.8, 4) is 5.75 Å². The Hall–Kier alpha value is -1.06. The van der Waals surface area contributed by atoms with Crippen LogP contribution in [0.25, 0.3) is 0 Å². The normalized spacial score (nSPS) is 12.4. The van der Waals surface area contributed by atoms with Crippen LogP contribution in [0.15, 0.2) is 24.3 Å². The Labute approximate surface area is 104 Å². The van der Waals surface area contributed by atoms with Crippen LogP contribution in [0, 0.1) is 0 Å². The molecule has 1 aromatic carbocycles. The molecule has 0 saturated heterocycles. The summed E-state index contributed by atoms with van der Waals surface area (Å²) in [4.78, 5) is 0. The van der Waals surface area contributed by atoms with E-state index < -0.39 is 0 Å². The van der Waals surface area contributed by atoms with Gasteiger partial charge in [-0.05, 0) is 32.9 Å². The van der Waals surface area contributed by atoms with E-state index >= 15 is 0 Å². The molecule has 1 aromatic rings. The van der Waals surface area contributed by atoms with Crippen molar-refractivity contribution < 1.29 is 9.47 Å². The molecule has 1 rings (SSSR count). The van der Waals surface area contributed by atoms with Crippen molar-refractivity contribution in [1.82, 2.24) is 5.32 Å². The van der Waals surface area contributed by atoms with Crippen molar-refractivity contribution in [1.29, 1.82) is 0 Å². The lowest BCUT2D eigenvalue weighted by atomic mass is 10.1. The van der Waals surface area contributed by atoms with Gasteiger partial charge in [0.1, 0.15) is 5.75 Å². The number of benzene rings is 1. The van der Waals surface area contributed by atoms with Crippen LogP contribution < -0.4 is 10.1 Å². The minimum absolute atomic E-state index is 0.299. The largest absolute Gasteiger partial charge is 0.467 e. The standard InChI is InChI=1S/C14H23NO2/c1-4-10-15-12(3)13-8-6-7-9-14(13)17-11-16-5-2/h6-9,12,15H,4-5,10-11H2,1-3H3. The monoisotopic (exact) mass is 237 g/mol. The van der Waals surface area contributed by atoms with Crippen LogP contribution in [0.5, 0.6) is 5.75 Å². The fourth-order valence-corrected chi connectivity index (χ4v) is 1.63. The molecule has 17 heavy (non-hydrogen) atoms. The van der Waals surface area contributed by atoms with Crippen molar-refractivity contribution in [3.05, 3.63) is 29.8 Å². The quantitative estimate of drug-likeness (QED) is 0.556. The average Bonchev–Trinajstić information content (AvgIpc) is 2.37. The number of hydrogen-bond donors (Lipinski definition) is 1. The molecule has 1 N–H and O–H groups in total. The van der Waals surface area contributed by atoms with E-state index in [1.54, 1.807) is 0 Å². The van der Waals surface area contributed by atoms with E-state index in [9.17, 15) is 0 Å². The third kappa shape index (κ3) is 4.75. The molecular weight excluding hydrogens is 214 g/mol. The van der Waals surface area contributed by atoms with Crippen molar-refractivity contribution in [2.24, 2.45) is 0 Å². The van der Waals surface area contributed by atoms with Crippen LogP contribution in [0.1, 0.15) is 38.8 Å². The van der Waals surface area contributed by atoms with Crippen LogP contribution in [0.4, 0.5) is 0 Å². The first kappa shape index (κ1) is 14.0. The van der Waals surface area contributed by atoms with Gasteiger partial charge in [0.2, 0.25) is 0 Å². The summed E-state index contributed by atoms with van der Waals surface area (Å²) in [7, 11) is 0. The molecule has 0 amide bonds. The molecule has 0 aliphatic rings. The van der Waals surface area contributed by atoms with E-state index in [2.05, 4.69) is 25.2 Å². The smallest absolute Gasteiger partial charge is 0.189 e. The van der Waals surface area contributed by atoms with Crippen LogP contribution in [0.2, 0.25) is 0 Å². The average molecular weight is 237 g/mol. The number of hydrogen-bond acceptors (Lipinski definition) is 3. The molecular formula is C14H23NO2. The van der Waals surface area contributed by atoms with E-state index in [1.807, 2.05) is 25.1 Å². The fourth-order valence-electron chi connectivity index (χ4n) is 1.63. The minimum atomic E-state index is 0.299. The Morgan fingerprint density at radius 1 is 1.24 bits per heavy atom. The van der Waals surface area contributed by atoms with Crippen molar-refractivity contribution in [2.45, 2.75) is 33.2 Å². The maximum absolute atomic E-state index is 5.62. The van der Waals surface area contributed by atoms with Gasteiger partial charge in [-0.25, -0.2) is 0 Å². The minimum Gasteiger partial charge on any atom is -0.467 e. The second-order valence-corrected chi connectivity index (χ2v) is 3.97. The summed E-state index contributed by atoms with van der Waals surface area (Å²) < 4.78 is 10.8. The summed E-state index contributed by atoms with van der Waals surface area (Å²) in [5.41, 5.74) is 1.18. The SMILES string of the molecule is CCCNC(C)c1ccccc1OCOCC. The van der Waals surface area contributed by atoms with Gasteiger partial charge in [-0.15, -0.1) is 0 Å². The lowest BCUT2D eigenvalue weighted by Gasteiger charge is -2.17. The van der Waals surface area contributed by atoms with Gasteiger partial charge in [0.15, 0.2) is 6.79 Å². The Morgan fingerprint density at radius 3 is 2.71 bits per heavy atom. The van der Waals surface area contributed by atoms with Gasteiger partial charge in [0, 0.05) is 18.2 Å². The Bertz CT molecular complexity index is 315. The third-order valence-corrected chi connectivity index (χ3v) is 2.59. The molecule has 1 unspecified atom stereocenters. The molecule has 0 spiro atoms. The van der Waals surface area contributed by atoms with E-state index in [0.29, 0.717) is 19.4 Å². The highest BCUT2D eigenvalue weighted by atomic mass is 16.7. The van der Waals surface area contributed by atoms with E-state index in [0.717, 1.165) is 18.7 Å². The molecule has 3 heteroatoms. The zero-order valence-electron chi connectivity index (χ0n) is 11.0. The summed E-state index contributed by atoms with van der Waals surface area (Å²) >= 11 is 0. The van der Waals surface area contributed by atoms with Crippen LogP contribution in [0.3, 0.4) is 0 Å². The highest BCUT2D eigenvalue weighted by Crippen LogP contribution is 2.24. The maximum atomic E-state index is 5.62. The summed E-state index contributed by atoms with van der Waals surface area (Å²) in [6.07, 6.45) is 1.13. The zero-order valence-corrected chi connectivity index (χ0v) is 11.0. The van der Waals surface area contributed by atoms with Crippen LogP contribution >= 0.6 is 0 Å². The molecule has 0 aliphatic carbocycles. The summed E-state index contributed by atoms with van der Waals surface area (Å²) in [6.45, 7) is 8.28. The lowest BCUT2D eigenvalue weighted by molar-refractivity contribution is 0.0216. The summed E-state index contributed by atoms with van der Waals surface area (Å²) in [5.74, 6) is 0.900. The fraction of sp³-hybridized carbons (Fsp3) is 0.571.